The number of nitrogens with zero attached hydrogens (tertiary/aromatic N) is 1. The second kappa shape index (κ2) is 4.81. The molecule has 0 saturated carbocycles. The van der Waals surface area contributed by atoms with Crippen LogP contribution in [0.15, 0.2) is 0 Å². The quantitative estimate of drug-likeness (QED) is 0.746. The summed E-state index contributed by atoms with van der Waals surface area (Å²) >= 11 is 0. The number of likely N-dealkylation sites (tertiary alicyclic amines) is 1. The van der Waals surface area contributed by atoms with Gasteiger partial charge in [0, 0.05) is 26.2 Å². The Morgan fingerprint density at radius 2 is 1.87 bits per heavy atom. The van der Waals surface area contributed by atoms with E-state index in [0.717, 1.165) is 18.4 Å². The van der Waals surface area contributed by atoms with Crippen molar-refractivity contribution in [1.82, 2.24) is 10.2 Å². The van der Waals surface area contributed by atoms with Gasteiger partial charge in [0.2, 0.25) is 0 Å². The summed E-state index contributed by atoms with van der Waals surface area (Å²) in [6.07, 6.45) is 0. The average molecular weight is 212 g/mol. The molecule has 0 aromatic heterocycles. The molecule has 3 unspecified atom stereocenters. The minimum absolute atomic E-state index is 0.612. The molecule has 0 radical (unpaired) electrons. The maximum absolute atomic E-state index is 5.34. The van der Waals surface area contributed by atoms with Crippen LogP contribution in [0, 0.1) is 17.8 Å². The highest BCUT2D eigenvalue weighted by Crippen LogP contribution is 2.29. The zero-order valence-corrected chi connectivity index (χ0v) is 10.2. The van der Waals surface area contributed by atoms with Crippen LogP contribution in [0.25, 0.3) is 0 Å². The van der Waals surface area contributed by atoms with Crippen molar-refractivity contribution in [2.24, 2.45) is 17.8 Å². The lowest BCUT2D eigenvalue weighted by Crippen LogP contribution is -2.42. The standard InChI is InChI=1S/C12H24N2O/c1-9(2)12(8-15-3)14-6-10-4-13-5-11(10)7-14/h9-13H,4-8H2,1-3H3. The van der Waals surface area contributed by atoms with Gasteiger partial charge in [-0.2, -0.15) is 0 Å². The number of hydrogen-bond acceptors (Lipinski definition) is 3. The maximum Gasteiger partial charge on any atom is 0.0620 e. The van der Waals surface area contributed by atoms with Crippen LogP contribution >= 0.6 is 0 Å². The highest BCUT2D eigenvalue weighted by atomic mass is 16.5. The monoisotopic (exact) mass is 212 g/mol. The van der Waals surface area contributed by atoms with Crippen LogP contribution in [0.1, 0.15) is 13.8 Å². The van der Waals surface area contributed by atoms with Gasteiger partial charge in [-0.25, -0.2) is 0 Å². The Hall–Kier alpha value is -0.120. The normalized spacial score (nSPS) is 33.6. The van der Waals surface area contributed by atoms with Crippen LogP contribution in [0.4, 0.5) is 0 Å². The molecular weight excluding hydrogens is 188 g/mol. The van der Waals surface area contributed by atoms with Crippen molar-refractivity contribution in [3.63, 3.8) is 0 Å². The van der Waals surface area contributed by atoms with Crippen LogP contribution in [0.5, 0.6) is 0 Å². The van der Waals surface area contributed by atoms with Gasteiger partial charge in [0.05, 0.1) is 6.61 Å². The van der Waals surface area contributed by atoms with Crippen molar-refractivity contribution in [2.75, 3.05) is 39.9 Å². The fourth-order valence-electron chi connectivity index (χ4n) is 3.05. The summed E-state index contributed by atoms with van der Waals surface area (Å²) < 4.78 is 5.34. The van der Waals surface area contributed by atoms with E-state index in [1.165, 1.54) is 26.2 Å². The Kier molecular flexibility index (Phi) is 3.65. The average Bonchev–Trinajstić information content (AvgIpc) is 2.72. The fraction of sp³-hybridized carbons (Fsp3) is 1.00. The van der Waals surface area contributed by atoms with E-state index in [2.05, 4.69) is 24.1 Å². The minimum Gasteiger partial charge on any atom is -0.383 e. The molecule has 0 aromatic rings. The summed E-state index contributed by atoms with van der Waals surface area (Å²) in [6, 6.07) is 0.612. The predicted molar refractivity (Wildman–Crippen MR) is 61.9 cm³/mol. The molecule has 88 valence electrons. The number of rotatable bonds is 4. The zero-order chi connectivity index (χ0) is 10.8. The third-order valence-electron chi connectivity index (χ3n) is 3.99. The first-order valence-corrected chi connectivity index (χ1v) is 6.16. The van der Waals surface area contributed by atoms with E-state index >= 15 is 0 Å². The van der Waals surface area contributed by atoms with Crippen LogP contribution in [0.3, 0.4) is 0 Å². The first-order chi connectivity index (χ1) is 7.22. The van der Waals surface area contributed by atoms with Crippen LogP contribution in [-0.2, 0) is 4.74 Å². The second-order valence-electron chi connectivity index (χ2n) is 5.40. The number of ether oxygens (including phenoxy) is 1. The van der Waals surface area contributed by atoms with Crippen molar-refractivity contribution in [2.45, 2.75) is 19.9 Å². The number of methoxy groups -OCH3 is 1. The summed E-state index contributed by atoms with van der Waals surface area (Å²) in [5.41, 5.74) is 0. The lowest BCUT2D eigenvalue weighted by atomic mass is 10.0. The molecule has 2 fully saturated rings. The summed E-state index contributed by atoms with van der Waals surface area (Å²) in [5.74, 6) is 2.47. The van der Waals surface area contributed by atoms with Gasteiger partial charge >= 0.3 is 0 Å². The lowest BCUT2D eigenvalue weighted by molar-refractivity contribution is 0.0746. The molecule has 2 rings (SSSR count). The van der Waals surface area contributed by atoms with Gasteiger partial charge in [0.1, 0.15) is 0 Å². The van der Waals surface area contributed by atoms with E-state index in [-0.39, 0.29) is 0 Å². The molecule has 0 aromatic carbocycles. The smallest absolute Gasteiger partial charge is 0.0620 e. The van der Waals surface area contributed by atoms with Crippen LogP contribution < -0.4 is 5.32 Å². The van der Waals surface area contributed by atoms with Crippen molar-refractivity contribution < 1.29 is 4.74 Å². The molecule has 0 spiro atoms. The first-order valence-electron chi connectivity index (χ1n) is 6.16. The summed E-state index contributed by atoms with van der Waals surface area (Å²) in [5, 5.41) is 3.49. The highest BCUT2D eigenvalue weighted by Gasteiger charge is 2.39. The summed E-state index contributed by atoms with van der Waals surface area (Å²) in [7, 11) is 1.81. The van der Waals surface area contributed by atoms with E-state index in [1.54, 1.807) is 0 Å². The third-order valence-corrected chi connectivity index (χ3v) is 3.99. The molecule has 3 atom stereocenters. The number of hydrogen-bond donors (Lipinski definition) is 1. The van der Waals surface area contributed by atoms with Gasteiger partial charge in [-0.3, -0.25) is 4.90 Å². The predicted octanol–water partition coefficient (Wildman–Crippen LogP) is 0.809. The molecule has 2 aliphatic rings. The highest BCUT2D eigenvalue weighted by molar-refractivity contribution is 4.94. The largest absolute Gasteiger partial charge is 0.383 e. The summed E-state index contributed by atoms with van der Waals surface area (Å²) in [6.45, 7) is 10.5. The first kappa shape index (κ1) is 11.4. The maximum atomic E-state index is 5.34. The molecule has 1 N–H and O–H groups in total. The Bertz CT molecular complexity index is 196. The molecule has 15 heavy (non-hydrogen) atoms. The molecule has 2 saturated heterocycles. The van der Waals surface area contributed by atoms with E-state index in [9.17, 15) is 0 Å². The zero-order valence-electron chi connectivity index (χ0n) is 10.2. The van der Waals surface area contributed by atoms with Crippen molar-refractivity contribution in [3.8, 4) is 0 Å². The Morgan fingerprint density at radius 3 is 2.33 bits per heavy atom. The molecule has 3 nitrogen and oxygen atoms in total. The lowest BCUT2D eigenvalue weighted by Gasteiger charge is -2.31. The number of fused-ring (bicyclic) bond motifs is 1. The molecule has 0 aliphatic carbocycles. The Morgan fingerprint density at radius 1 is 1.27 bits per heavy atom. The Balaban J connectivity index is 1.92. The van der Waals surface area contributed by atoms with E-state index < -0.39 is 0 Å². The van der Waals surface area contributed by atoms with Crippen molar-refractivity contribution in [3.05, 3.63) is 0 Å². The van der Waals surface area contributed by atoms with Gasteiger partial charge in [-0.15, -0.1) is 0 Å². The molecule has 2 heterocycles. The summed E-state index contributed by atoms with van der Waals surface area (Å²) in [4.78, 5) is 2.64. The molecule has 2 aliphatic heterocycles. The van der Waals surface area contributed by atoms with E-state index in [1.807, 2.05) is 7.11 Å². The molecule has 0 amide bonds. The van der Waals surface area contributed by atoms with Gasteiger partial charge in [0.15, 0.2) is 0 Å². The topological polar surface area (TPSA) is 24.5 Å². The number of nitrogens with one attached hydrogen (secondary N) is 1. The van der Waals surface area contributed by atoms with Gasteiger partial charge in [-0.05, 0) is 30.8 Å². The van der Waals surface area contributed by atoms with Gasteiger partial charge < -0.3 is 10.1 Å². The van der Waals surface area contributed by atoms with Crippen LogP contribution in [-0.4, -0.2) is 50.8 Å². The van der Waals surface area contributed by atoms with Crippen molar-refractivity contribution >= 4 is 0 Å². The third kappa shape index (κ3) is 2.35. The van der Waals surface area contributed by atoms with Crippen molar-refractivity contribution in [1.29, 1.82) is 0 Å². The molecular formula is C12H24N2O. The fourth-order valence-corrected chi connectivity index (χ4v) is 3.05. The van der Waals surface area contributed by atoms with E-state index in [4.69, 9.17) is 4.74 Å². The molecule has 3 heteroatoms. The van der Waals surface area contributed by atoms with Gasteiger partial charge in [0.25, 0.3) is 0 Å². The minimum atomic E-state index is 0.612. The molecule has 0 bridgehead atoms. The van der Waals surface area contributed by atoms with E-state index in [0.29, 0.717) is 12.0 Å². The van der Waals surface area contributed by atoms with Gasteiger partial charge in [-0.1, -0.05) is 13.8 Å². The second-order valence-corrected chi connectivity index (χ2v) is 5.40. The van der Waals surface area contributed by atoms with Crippen LogP contribution in [0.2, 0.25) is 0 Å². The SMILES string of the molecule is COCC(C(C)C)N1CC2CNCC2C1. The Labute approximate surface area is 93.2 Å².